The number of amides is 2. The Morgan fingerprint density at radius 2 is 0.625 bits per heavy atom. The molecule has 0 aliphatic carbocycles. The van der Waals surface area contributed by atoms with E-state index in [-0.39, 0.29) is 24.0 Å². The maximum Gasteiger partial charge on any atom is 0.219 e. The minimum absolute atomic E-state index is 0.144. The van der Waals surface area contributed by atoms with E-state index in [9.17, 15) is 19.8 Å². The minimum atomic E-state index is -0.175. The summed E-state index contributed by atoms with van der Waals surface area (Å²) in [5, 5.41) is 26.5. The number of rotatable bonds is 39. The topological polar surface area (TPSA) is 98.7 Å². The second kappa shape index (κ2) is 38.7. The third-order valence-electron chi connectivity index (χ3n) is 9.91. The normalized spacial score (nSPS) is 12.7. The van der Waals surface area contributed by atoms with Gasteiger partial charge in [-0.2, -0.15) is 0 Å². The Hall–Kier alpha value is -1.14. The fraction of sp³-hybridized carbons (Fsp3) is 0.952. The van der Waals surface area contributed by atoms with Gasteiger partial charge < -0.3 is 20.8 Å². The minimum Gasteiger partial charge on any atom is -0.393 e. The monoisotopic (exact) mass is 681 g/mol. The lowest BCUT2D eigenvalue weighted by Crippen LogP contribution is -2.24. The molecule has 0 aliphatic rings. The molecular formula is C42H84N2O4. The molecule has 286 valence electrons. The van der Waals surface area contributed by atoms with Gasteiger partial charge in [0.15, 0.2) is 0 Å². The first kappa shape index (κ1) is 46.9. The van der Waals surface area contributed by atoms with Gasteiger partial charge in [0.25, 0.3) is 0 Å². The van der Waals surface area contributed by atoms with Gasteiger partial charge in [-0.05, 0) is 51.4 Å². The summed E-state index contributed by atoms with van der Waals surface area (Å²) in [6.07, 6.45) is 38.0. The first-order chi connectivity index (χ1) is 23.5. The van der Waals surface area contributed by atoms with E-state index in [1.165, 1.54) is 103 Å². The van der Waals surface area contributed by atoms with Gasteiger partial charge in [0.1, 0.15) is 0 Å². The third kappa shape index (κ3) is 37.7. The zero-order chi connectivity index (χ0) is 35.2. The molecule has 0 saturated heterocycles. The number of carbonyl (C=O) groups is 2. The van der Waals surface area contributed by atoms with E-state index in [2.05, 4.69) is 24.5 Å². The smallest absolute Gasteiger partial charge is 0.219 e. The molecule has 6 nitrogen and oxygen atoms in total. The van der Waals surface area contributed by atoms with Crippen molar-refractivity contribution in [1.29, 1.82) is 0 Å². The summed E-state index contributed by atoms with van der Waals surface area (Å²) in [4.78, 5) is 24.2. The van der Waals surface area contributed by atoms with Crippen LogP contribution in [-0.2, 0) is 9.59 Å². The molecule has 4 N–H and O–H groups in total. The Kier molecular flexibility index (Phi) is 37.7. The number of aliphatic hydroxyl groups excluding tert-OH is 2. The average Bonchev–Trinajstić information content (AvgIpc) is 3.07. The first-order valence-electron chi connectivity index (χ1n) is 21.4. The van der Waals surface area contributed by atoms with E-state index in [0.717, 1.165) is 116 Å². The van der Waals surface area contributed by atoms with Crippen LogP contribution >= 0.6 is 0 Å². The molecule has 0 spiro atoms. The van der Waals surface area contributed by atoms with Crippen LogP contribution in [0.5, 0.6) is 0 Å². The molecule has 2 unspecified atom stereocenters. The highest BCUT2D eigenvalue weighted by molar-refractivity contribution is 5.76. The van der Waals surface area contributed by atoms with Crippen molar-refractivity contribution in [2.24, 2.45) is 0 Å². The van der Waals surface area contributed by atoms with Crippen LogP contribution in [0.4, 0.5) is 0 Å². The lowest BCUT2D eigenvalue weighted by Gasteiger charge is -2.10. The first-order valence-corrected chi connectivity index (χ1v) is 21.4. The van der Waals surface area contributed by atoms with Crippen LogP contribution in [0.1, 0.15) is 232 Å². The largest absolute Gasteiger partial charge is 0.393 e. The van der Waals surface area contributed by atoms with Gasteiger partial charge in [0.2, 0.25) is 11.8 Å². The molecule has 2 amide bonds. The molecule has 0 aromatic carbocycles. The average molecular weight is 681 g/mol. The summed E-state index contributed by atoms with van der Waals surface area (Å²) in [6, 6.07) is 0. The molecule has 0 fully saturated rings. The van der Waals surface area contributed by atoms with E-state index in [4.69, 9.17) is 0 Å². The Bertz CT molecular complexity index is 618. The van der Waals surface area contributed by atoms with Crippen LogP contribution in [0.15, 0.2) is 0 Å². The Labute approximate surface area is 299 Å². The van der Waals surface area contributed by atoms with Crippen molar-refractivity contribution in [2.75, 3.05) is 13.1 Å². The summed E-state index contributed by atoms with van der Waals surface area (Å²) in [7, 11) is 0. The van der Waals surface area contributed by atoms with Crippen molar-refractivity contribution in [1.82, 2.24) is 10.6 Å². The van der Waals surface area contributed by atoms with Gasteiger partial charge in [-0.15, -0.1) is 0 Å². The van der Waals surface area contributed by atoms with Crippen molar-refractivity contribution in [3.05, 3.63) is 0 Å². The van der Waals surface area contributed by atoms with Gasteiger partial charge in [-0.25, -0.2) is 0 Å². The summed E-state index contributed by atoms with van der Waals surface area (Å²) >= 11 is 0. The Morgan fingerprint density at radius 3 is 0.938 bits per heavy atom. The van der Waals surface area contributed by atoms with Gasteiger partial charge in [0, 0.05) is 25.9 Å². The lowest BCUT2D eigenvalue weighted by molar-refractivity contribution is -0.122. The van der Waals surface area contributed by atoms with E-state index in [0.29, 0.717) is 12.8 Å². The fourth-order valence-electron chi connectivity index (χ4n) is 6.59. The molecule has 2 atom stereocenters. The zero-order valence-corrected chi connectivity index (χ0v) is 32.3. The molecule has 6 heteroatoms. The quantitative estimate of drug-likeness (QED) is 0.0486. The van der Waals surface area contributed by atoms with Crippen molar-refractivity contribution in [2.45, 2.75) is 244 Å². The molecule has 0 bridgehead atoms. The molecule has 0 radical (unpaired) electrons. The highest BCUT2D eigenvalue weighted by atomic mass is 16.3. The predicted molar refractivity (Wildman–Crippen MR) is 206 cm³/mol. The van der Waals surface area contributed by atoms with Gasteiger partial charge in [-0.3, -0.25) is 9.59 Å². The fourth-order valence-corrected chi connectivity index (χ4v) is 6.59. The van der Waals surface area contributed by atoms with Gasteiger partial charge in [-0.1, -0.05) is 168 Å². The molecule has 0 rings (SSSR count). The van der Waals surface area contributed by atoms with E-state index in [1.54, 1.807) is 0 Å². The Balaban J connectivity index is 3.38. The number of carbonyl (C=O) groups excluding carboxylic acids is 2. The summed E-state index contributed by atoms with van der Waals surface area (Å²) in [5.41, 5.74) is 0. The molecule has 0 aromatic heterocycles. The number of nitrogens with one attached hydrogen (secondary N) is 2. The molecular weight excluding hydrogens is 596 g/mol. The molecule has 0 aliphatic heterocycles. The highest BCUT2D eigenvalue weighted by Crippen LogP contribution is 2.16. The molecule has 0 saturated carbocycles. The van der Waals surface area contributed by atoms with Gasteiger partial charge >= 0.3 is 0 Å². The third-order valence-corrected chi connectivity index (χ3v) is 9.91. The lowest BCUT2D eigenvalue weighted by atomic mass is 10.0. The van der Waals surface area contributed by atoms with Crippen LogP contribution in [0.3, 0.4) is 0 Å². The van der Waals surface area contributed by atoms with Crippen molar-refractivity contribution in [3.8, 4) is 0 Å². The standard InChI is InChI=1S/C42H84N2O4/c1-3-5-7-9-11-13-15-17-23-31-39(45)33-25-21-27-35-41(47)43-37-29-19-20-30-38-44-42(48)36-28-22-26-34-40(46)32-24-18-16-14-12-10-8-6-4-2/h39-40,45-46H,3-38H2,1-2H3,(H,43,47)(H,44,48). The maximum absolute atomic E-state index is 12.1. The van der Waals surface area contributed by atoms with Crippen LogP contribution in [-0.4, -0.2) is 47.3 Å². The van der Waals surface area contributed by atoms with Crippen LogP contribution in [0.25, 0.3) is 0 Å². The van der Waals surface area contributed by atoms with Crippen LogP contribution < -0.4 is 10.6 Å². The molecule has 0 heterocycles. The zero-order valence-electron chi connectivity index (χ0n) is 32.3. The van der Waals surface area contributed by atoms with Crippen LogP contribution in [0, 0.1) is 0 Å². The molecule has 48 heavy (non-hydrogen) atoms. The SMILES string of the molecule is CCCCCCCCCCCC(O)CCCCCC(=O)NCCCCCCNC(=O)CCCCCC(O)CCCCCCCCCCC. The number of unbranched alkanes of at least 4 members (excludes halogenated alkanes) is 23. The highest BCUT2D eigenvalue weighted by Gasteiger charge is 2.07. The van der Waals surface area contributed by atoms with E-state index >= 15 is 0 Å². The van der Waals surface area contributed by atoms with E-state index in [1.807, 2.05) is 0 Å². The van der Waals surface area contributed by atoms with E-state index < -0.39 is 0 Å². The van der Waals surface area contributed by atoms with Crippen molar-refractivity contribution >= 4 is 11.8 Å². The number of hydrogen-bond donors (Lipinski definition) is 4. The maximum atomic E-state index is 12.1. The number of aliphatic hydroxyl groups is 2. The summed E-state index contributed by atoms with van der Waals surface area (Å²) < 4.78 is 0. The van der Waals surface area contributed by atoms with Gasteiger partial charge in [0.05, 0.1) is 12.2 Å². The molecule has 0 aromatic rings. The second-order valence-electron chi connectivity index (χ2n) is 14.9. The second-order valence-corrected chi connectivity index (χ2v) is 14.9. The van der Waals surface area contributed by atoms with Crippen LogP contribution in [0.2, 0.25) is 0 Å². The predicted octanol–water partition coefficient (Wildman–Crippen LogP) is 11.2. The van der Waals surface area contributed by atoms with Crippen molar-refractivity contribution in [3.63, 3.8) is 0 Å². The van der Waals surface area contributed by atoms with Crippen molar-refractivity contribution < 1.29 is 19.8 Å². The summed E-state index contributed by atoms with van der Waals surface area (Å²) in [5.74, 6) is 0.289. The summed E-state index contributed by atoms with van der Waals surface area (Å²) in [6.45, 7) is 5.99. The number of hydrogen-bond acceptors (Lipinski definition) is 4. The Morgan fingerprint density at radius 1 is 0.375 bits per heavy atom.